The minimum Gasteiger partial charge on any atom is -0.352 e. The summed E-state index contributed by atoms with van der Waals surface area (Å²) < 4.78 is 1.69. The lowest BCUT2D eigenvalue weighted by atomic mass is 10.2. The van der Waals surface area contributed by atoms with Gasteiger partial charge in [-0.05, 0) is 6.92 Å². The number of hydrogen-bond donors (Lipinski definition) is 1. The Hall–Kier alpha value is -2.46. The molecule has 0 aliphatic carbocycles. The van der Waals surface area contributed by atoms with Crippen LogP contribution in [-0.2, 0) is 7.05 Å². The minimum absolute atomic E-state index is 0.329. The van der Waals surface area contributed by atoms with Gasteiger partial charge in [0.05, 0.1) is 12.4 Å². The molecule has 0 saturated carbocycles. The first-order valence-corrected chi connectivity index (χ1v) is 6.92. The summed E-state index contributed by atoms with van der Waals surface area (Å²) in [5, 5.41) is 16.8. The molecule has 1 saturated heterocycles. The van der Waals surface area contributed by atoms with Crippen LogP contribution < -0.4 is 10.2 Å². The average molecular weight is 283 g/mol. The Bertz CT molecular complexity index is 685. The molecule has 7 nitrogen and oxygen atoms in total. The second-order valence-corrected chi connectivity index (χ2v) is 5.24. The van der Waals surface area contributed by atoms with Gasteiger partial charge in [-0.1, -0.05) is 0 Å². The minimum atomic E-state index is 0.329. The number of aryl methyl sites for hydroxylation is 1. The smallest absolute Gasteiger partial charge is 0.167 e. The van der Waals surface area contributed by atoms with Crippen LogP contribution in [0.15, 0.2) is 18.6 Å². The normalized spacial score (nSPS) is 18.5. The maximum Gasteiger partial charge on any atom is 0.167 e. The third kappa shape index (κ3) is 2.71. The van der Waals surface area contributed by atoms with Crippen LogP contribution in [0.3, 0.4) is 0 Å². The molecule has 0 spiro atoms. The van der Waals surface area contributed by atoms with E-state index in [-0.39, 0.29) is 0 Å². The van der Waals surface area contributed by atoms with Crippen LogP contribution in [0.1, 0.15) is 12.6 Å². The average Bonchev–Trinajstić information content (AvgIpc) is 2.93. The molecule has 1 atom stereocenters. The Labute approximate surface area is 123 Å². The highest BCUT2D eigenvalue weighted by molar-refractivity contribution is 5.65. The molecule has 108 valence electrons. The zero-order chi connectivity index (χ0) is 14.8. The third-order valence-electron chi connectivity index (χ3n) is 3.54. The molecule has 1 fully saturated rings. The van der Waals surface area contributed by atoms with E-state index in [1.165, 1.54) is 0 Å². The van der Waals surface area contributed by atoms with Gasteiger partial charge >= 0.3 is 0 Å². The molecule has 0 radical (unpaired) electrons. The number of hydrogen-bond acceptors (Lipinski definition) is 6. The van der Waals surface area contributed by atoms with Crippen molar-refractivity contribution in [3.8, 4) is 17.3 Å². The Balaban J connectivity index is 1.99. The molecule has 1 aliphatic heterocycles. The summed E-state index contributed by atoms with van der Waals surface area (Å²) in [6.45, 7) is 4.83. The monoisotopic (exact) mass is 283 g/mol. The van der Waals surface area contributed by atoms with E-state index in [0.29, 0.717) is 17.4 Å². The summed E-state index contributed by atoms with van der Waals surface area (Å²) in [6.07, 6.45) is 5.22. The standard InChI is InChI=1S/C14H17N7/c1-10-8-21(4-3-16-10)13-7-17-12(5-15)14(19-13)11-6-18-20(2)9-11/h6-7,9-10,16H,3-4,8H2,1-2H3/t10-/m1/s1. The summed E-state index contributed by atoms with van der Waals surface area (Å²) in [4.78, 5) is 11.1. The third-order valence-corrected chi connectivity index (χ3v) is 3.54. The highest BCUT2D eigenvalue weighted by Gasteiger charge is 2.19. The first-order valence-electron chi connectivity index (χ1n) is 6.92. The first-order chi connectivity index (χ1) is 10.2. The predicted molar refractivity (Wildman–Crippen MR) is 78.6 cm³/mol. The van der Waals surface area contributed by atoms with E-state index in [1.807, 2.05) is 13.2 Å². The lowest BCUT2D eigenvalue weighted by molar-refractivity contribution is 0.482. The van der Waals surface area contributed by atoms with Crippen LogP contribution in [0.2, 0.25) is 0 Å². The fourth-order valence-electron chi connectivity index (χ4n) is 2.50. The van der Waals surface area contributed by atoms with E-state index in [0.717, 1.165) is 31.0 Å². The van der Waals surface area contributed by atoms with Crippen LogP contribution in [0.25, 0.3) is 11.3 Å². The van der Waals surface area contributed by atoms with Gasteiger partial charge in [0.15, 0.2) is 5.69 Å². The summed E-state index contributed by atoms with van der Waals surface area (Å²) >= 11 is 0. The van der Waals surface area contributed by atoms with Crippen molar-refractivity contribution in [2.75, 3.05) is 24.5 Å². The van der Waals surface area contributed by atoms with Crippen molar-refractivity contribution in [3.05, 3.63) is 24.3 Å². The Morgan fingerprint density at radius 3 is 2.95 bits per heavy atom. The summed E-state index contributed by atoms with van der Waals surface area (Å²) in [6, 6.07) is 2.52. The molecule has 21 heavy (non-hydrogen) atoms. The highest BCUT2D eigenvalue weighted by Crippen LogP contribution is 2.22. The maximum absolute atomic E-state index is 9.23. The van der Waals surface area contributed by atoms with Crippen molar-refractivity contribution in [2.45, 2.75) is 13.0 Å². The van der Waals surface area contributed by atoms with Gasteiger partial charge in [-0.15, -0.1) is 0 Å². The van der Waals surface area contributed by atoms with Crippen molar-refractivity contribution in [1.82, 2.24) is 25.1 Å². The second kappa shape index (κ2) is 5.50. The lowest BCUT2D eigenvalue weighted by Gasteiger charge is -2.32. The zero-order valence-corrected chi connectivity index (χ0v) is 12.1. The number of nitrogens with one attached hydrogen (secondary N) is 1. The first kappa shape index (κ1) is 13.5. The highest BCUT2D eigenvalue weighted by atomic mass is 15.3. The number of nitrogens with zero attached hydrogens (tertiary/aromatic N) is 6. The fourth-order valence-corrected chi connectivity index (χ4v) is 2.50. The molecule has 2 aromatic rings. The molecule has 3 rings (SSSR count). The maximum atomic E-state index is 9.23. The van der Waals surface area contributed by atoms with Gasteiger partial charge in [-0.25, -0.2) is 9.97 Å². The van der Waals surface area contributed by atoms with Crippen molar-refractivity contribution in [3.63, 3.8) is 0 Å². The van der Waals surface area contributed by atoms with Gasteiger partial charge in [-0.2, -0.15) is 10.4 Å². The molecule has 0 aromatic carbocycles. The van der Waals surface area contributed by atoms with Gasteiger partial charge in [0.1, 0.15) is 17.6 Å². The zero-order valence-electron chi connectivity index (χ0n) is 12.1. The number of piperazine rings is 1. The van der Waals surface area contributed by atoms with E-state index in [4.69, 9.17) is 0 Å². The van der Waals surface area contributed by atoms with Crippen molar-refractivity contribution < 1.29 is 0 Å². The van der Waals surface area contributed by atoms with Gasteiger partial charge in [0, 0.05) is 44.5 Å². The Kier molecular flexibility index (Phi) is 3.54. The van der Waals surface area contributed by atoms with Gasteiger partial charge in [-0.3, -0.25) is 4.68 Å². The summed E-state index contributed by atoms with van der Waals surface area (Å²) in [7, 11) is 1.84. The van der Waals surface area contributed by atoms with Gasteiger partial charge < -0.3 is 10.2 Å². The number of nitriles is 1. The number of anilines is 1. The van der Waals surface area contributed by atoms with Crippen molar-refractivity contribution in [1.29, 1.82) is 5.26 Å². The van der Waals surface area contributed by atoms with Gasteiger partial charge in [0.2, 0.25) is 0 Å². The van der Waals surface area contributed by atoms with E-state index >= 15 is 0 Å². The molecule has 0 unspecified atom stereocenters. The molecule has 2 aromatic heterocycles. The van der Waals surface area contributed by atoms with Crippen LogP contribution >= 0.6 is 0 Å². The molecule has 1 N–H and O–H groups in total. The van der Waals surface area contributed by atoms with Crippen molar-refractivity contribution in [2.24, 2.45) is 7.05 Å². The second-order valence-electron chi connectivity index (χ2n) is 5.24. The lowest BCUT2D eigenvalue weighted by Crippen LogP contribution is -2.49. The quantitative estimate of drug-likeness (QED) is 0.866. The topological polar surface area (TPSA) is 82.7 Å². The molecule has 3 heterocycles. The Morgan fingerprint density at radius 1 is 1.43 bits per heavy atom. The number of aromatic nitrogens is 4. The molecular weight excluding hydrogens is 266 g/mol. The van der Waals surface area contributed by atoms with Gasteiger partial charge in [0.25, 0.3) is 0 Å². The van der Waals surface area contributed by atoms with Crippen LogP contribution in [0, 0.1) is 11.3 Å². The molecule has 7 heteroatoms. The van der Waals surface area contributed by atoms with E-state index in [1.54, 1.807) is 17.1 Å². The number of rotatable bonds is 2. The van der Waals surface area contributed by atoms with Crippen LogP contribution in [-0.4, -0.2) is 45.4 Å². The van der Waals surface area contributed by atoms with Crippen LogP contribution in [0.5, 0.6) is 0 Å². The molecular formula is C14H17N7. The Morgan fingerprint density at radius 2 is 2.29 bits per heavy atom. The summed E-state index contributed by atoms with van der Waals surface area (Å²) in [5.74, 6) is 0.807. The predicted octanol–water partition coefficient (Wildman–Crippen LogP) is 0.547. The molecule has 0 bridgehead atoms. The fraction of sp³-hybridized carbons (Fsp3) is 0.429. The van der Waals surface area contributed by atoms with E-state index in [9.17, 15) is 5.26 Å². The van der Waals surface area contributed by atoms with Crippen molar-refractivity contribution >= 4 is 5.82 Å². The van der Waals surface area contributed by atoms with E-state index < -0.39 is 0 Å². The van der Waals surface area contributed by atoms with E-state index in [2.05, 4.69) is 38.3 Å². The molecule has 1 aliphatic rings. The summed E-state index contributed by atoms with van der Waals surface area (Å²) in [5.41, 5.74) is 1.73. The molecule has 0 amide bonds. The SMILES string of the molecule is C[C@@H]1CN(c2cnc(C#N)c(-c3cnn(C)c3)n2)CCN1. The largest absolute Gasteiger partial charge is 0.352 e. The van der Waals surface area contributed by atoms with Crippen LogP contribution in [0.4, 0.5) is 5.82 Å².